The van der Waals surface area contributed by atoms with Gasteiger partial charge in [-0.1, -0.05) is 18.2 Å². The second-order valence-corrected chi connectivity index (χ2v) is 5.80. The minimum absolute atomic E-state index is 0.160. The van der Waals surface area contributed by atoms with Crippen LogP contribution < -0.4 is 9.47 Å². The van der Waals surface area contributed by atoms with Crippen molar-refractivity contribution in [1.29, 1.82) is 5.26 Å². The zero-order valence-electron chi connectivity index (χ0n) is 14.0. The highest BCUT2D eigenvalue weighted by molar-refractivity contribution is 9.10. The summed E-state index contributed by atoms with van der Waals surface area (Å²) in [5.41, 5.74) is 0.730. The summed E-state index contributed by atoms with van der Waals surface area (Å²) in [6.45, 7) is 0. The Bertz CT molecular complexity index is 914. The lowest BCUT2D eigenvalue weighted by molar-refractivity contribution is -0.135. The molecule has 7 heteroatoms. The second kappa shape index (κ2) is 8.83. The Hall–Kier alpha value is -3.11. The number of carbonyl (C=O) groups is 2. The van der Waals surface area contributed by atoms with Crippen molar-refractivity contribution < 1.29 is 23.8 Å². The molecular formula is C19H14BrNO5. The first-order valence-corrected chi connectivity index (χ1v) is 8.14. The van der Waals surface area contributed by atoms with Gasteiger partial charge in [-0.25, -0.2) is 9.59 Å². The van der Waals surface area contributed by atoms with Gasteiger partial charge in [0.05, 0.1) is 19.8 Å². The van der Waals surface area contributed by atoms with Gasteiger partial charge in [0.15, 0.2) is 11.5 Å². The van der Waals surface area contributed by atoms with Crippen molar-refractivity contribution in [3.05, 3.63) is 63.6 Å². The Balaban J connectivity index is 2.31. The van der Waals surface area contributed by atoms with E-state index in [0.29, 0.717) is 15.6 Å². The zero-order chi connectivity index (χ0) is 19.1. The quantitative estimate of drug-likeness (QED) is 0.319. The topological polar surface area (TPSA) is 85.6 Å². The van der Waals surface area contributed by atoms with Crippen LogP contribution in [0.4, 0.5) is 0 Å². The molecule has 0 amide bonds. The molecule has 0 N–H and O–H groups in total. The molecular weight excluding hydrogens is 402 g/mol. The number of rotatable bonds is 5. The summed E-state index contributed by atoms with van der Waals surface area (Å²) >= 11 is 3.30. The van der Waals surface area contributed by atoms with E-state index in [4.69, 9.17) is 14.7 Å². The second-order valence-electron chi connectivity index (χ2n) is 4.94. The van der Waals surface area contributed by atoms with Gasteiger partial charge in [-0.05, 0) is 51.8 Å². The highest BCUT2D eigenvalue weighted by Gasteiger charge is 2.15. The monoisotopic (exact) mass is 415 g/mol. The number of ether oxygens (including phenoxy) is 3. The molecule has 0 radical (unpaired) electrons. The molecule has 0 aliphatic carbocycles. The summed E-state index contributed by atoms with van der Waals surface area (Å²) in [7, 11) is 2.61. The number of nitriles is 1. The molecule has 0 fully saturated rings. The average Bonchev–Trinajstić information content (AvgIpc) is 2.66. The van der Waals surface area contributed by atoms with Crippen molar-refractivity contribution in [3.63, 3.8) is 0 Å². The molecule has 0 saturated heterocycles. The molecule has 0 spiro atoms. The highest BCUT2D eigenvalue weighted by Crippen LogP contribution is 2.30. The van der Waals surface area contributed by atoms with E-state index in [-0.39, 0.29) is 17.1 Å². The minimum Gasteiger partial charge on any atom is -0.493 e. The maximum absolute atomic E-state index is 12.3. The van der Waals surface area contributed by atoms with E-state index < -0.39 is 11.9 Å². The first kappa shape index (κ1) is 19.2. The number of nitrogens with zero attached hydrogens (tertiary/aromatic N) is 1. The van der Waals surface area contributed by atoms with Gasteiger partial charge in [0, 0.05) is 4.47 Å². The van der Waals surface area contributed by atoms with E-state index in [1.54, 1.807) is 42.5 Å². The van der Waals surface area contributed by atoms with Gasteiger partial charge >= 0.3 is 11.9 Å². The van der Waals surface area contributed by atoms with Crippen molar-refractivity contribution in [2.75, 3.05) is 14.2 Å². The van der Waals surface area contributed by atoms with Crippen LogP contribution in [0.1, 0.15) is 15.9 Å². The van der Waals surface area contributed by atoms with E-state index in [2.05, 4.69) is 20.7 Å². The van der Waals surface area contributed by atoms with Crippen LogP contribution in [0.25, 0.3) is 6.08 Å². The fraction of sp³-hybridized carbons (Fsp3) is 0.105. The molecule has 6 nitrogen and oxygen atoms in total. The zero-order valence-corrected chi connectivity index (χ0v) is 15.6. The standard InChI is InChI=1S/C19H14BrNO5/c1-24-17-10-12(9-13(11-21)18(22)25-2)7-8-16(17)26-19(23)14-5-3-4-6-15(14)20/h3-10H,1-2H3/b13-9+. The number of esters is 2. The number of methoxy groups -OCH3 is 2. The molecule has 0 unspecified atom stereocenters. The Kier molecular flexibility index (Phi) is 6.53. The van der Waals surface area contributed by atoms with Gasteiger partial charge in [-0.3, -0.25) is 0 Å². The third-order valence-electron chi connectivity index (χ3n) is 3.32. The van der Waals surface area contributed by atoms with Gasteiger partial charge in [0.25, 0.3) is 0 Å². The van der Waals surface area contributed by atoms with Crippen molar-refractivity contribution in [3.8, 4) is 17.6 Å². The number of halogens is 1. The third kappa shape index (κ3) is 4.49. The summed E-state index contributed by atoms with van der Waals surface area (Å²) in [6, 6.07) is 13.3. The molecule has 2 rings (SSSR count). The van der Waals surface area contributed by atoms with Crippen LogP contribution in [0.5, 0.6) is 11.5 Å². The minimum atomic E-state index is -0.740. The first-order valence-electron chi connectivity index (χ1n) is 7.35. The van der Waals surface area contributed by atoms with Crippen molar-refractivity contribution in [2.24, 2.45) is 0 Å². The molecule has 132 valence electrons. The molecule has 0 saturated carbocycles. The normalized spacial score (nSPS) is 10.6. The maximum Gasteiger partial charge on any atom is 0.348 e. The number of hydrogen-bond acceptors (Lipinski definition) is 6. The van der Waals surface area contributed by atoms with Gasteiger partial charge in [-0.2, -0.15) is 5.26 Å². The SMILES string of the molecule is COC(=O)/C(C#N)=C/c1ccc(OC(=O)c2ccccc2Br)c(OC)c1. The molecule has 0 aliphatic heterocycles. The predicted molar refractivity (Wildman–Crippen MR) is 97.7 cm³/mol. The van der Waals surface area contributed by atoms with E-state index in [9.17, 15) is 9.59 Å². The molecule has 26 heavy (non-hydrogen) atoms. The smallest absolute Gasteiger partial charge is 0.348 e. The lowest BCUT2D eigenvalue weighted by atomic mass is 10.1. The van der Waals surface area contributed by atoms with Gasteiger partial charge in [-0.15, -0.1) is 0 Å². The summed E-state index contributed by atoms with van der Waals surface area (Å²) < 4.78 is 15.8. The van der Waals surface area contributed by atoms with Crippen LogP contribution in [-0.2, 0) is 9.53 Å². The molecule has 2 aromatic rings. The van der Waals surface area contributed by atoms with Crippen molar-refractivity contribution in [1.82, 2.24) is 0 Å². The third-order valence-corrected chi connectivity index (χ3v) is 4.01. The summed E-state index contributed by atoms with van der Waals surface area (Å²) in [5.74, 6) is -0.800. The van der Waals surface area contributed by atoms with Gasteiger partial charge in [0.1, 0.15) is 11.6 Å². The fourth-order valence-electron chi connectivity index (χ4n) is 2.05. The lowest BCUT2D eigenvalue weighted by Crippen LogP contribution is -2.10. The average molecular weight is 416 g/mol. The van der Waals surface area contributed by atoms with E-state index >= 15 is 0 Å². The fourth-order valence-corrected chi connectivity index (χ4v) is 2.50. The van der Waals surface area contributed by atoms with Crippen LogP contribution in [0.15, 0.2) is 52.5 Å². The van der Waals surface area contributed by atoms with Crippen LogP contribution in [-0.4, -0.2) is 26.2 Å². The van der Waals surface area contributed by atoms with Crippen LogP contribution >= 0.6 is 15.9 Å². The van der Waals surface area contributed by atoms with E-state index in [0.717, 1.165) is 0 Å². The molecule has 0 aliphatic rings. The Morgan fingerprint density at radius 3 is 2.46 bits per heavy atom. The first-order chi connectivity index (χ1) is 12.5. The number of benzene rings is 2. The lowest BCUT2D eigenvalue weighted by Gasteiger charge is -2.11. The number of carbonyl (C=O) groups excluding carboxylic acids is 2. The molecule has 0 heterocycles. The van der Waals surface area contributed by atoms with Crippen molar-refractivity contribution in [2.45, 2.75) is 0 Å². The van der Waals surface area contributed by atoms with E-state index in [1.165, 1.54) is 26.4 Å². The van der Waals surface area contributed by atoms with Crippen LogP contribution in [0.3, 0.4) is 0 Å². The summed E-state index contributed by atoms with van der Waals surface area (Å²) in [5, 5.41) is 9.02. The molecule has 0 atom stereocenters. The van der Waals surface area contributed by atoms with Crippen LogP contribution in [0.2, 0.25) is 0 Å². The highest BCUT2D eigenvalue weighted by atomic mass is 79.9. The largest absolute Gasteiger partial charge is 0.493 e. The Morgan fingerprint density at radius 2 is 1.85 bits per heavy atom. The maximum atomic E-state index is 12.3. The Labute approximate surface area is 158 Å². The molecule has 0 bridgehead atoms. The van der Waals surface area contributed by atoms with E-state index in [1.807, 2.05) is 0 Å². The van der Waals surface area contributed by atoms with Crippen LogP contribution in [0, 0.1) is 11.3 Å². The summed E-state index contributed by atoms with van der Waals surface area (Å²) in [6.07, 6.45) is 1.35. The summed E-state index contributed by atoms with van der Waals surface area (Å²) in [4.78, 5) is 23.8. The number of hydrogen-bond donors (Lipinski definition) is 0. The van der Waals surface area contributed by atoms with Crippen molar-refractivity contribution >= 4 is 33.9 Å². The molecule has 0 aromatic heterocycles. The predicted octanol–water partition coefficient (Wildman–Crippen LogP) is 3.76. The van der Waals surface area contributed by atoms with Gasteiger partial charge in [0.2, 0.25) is 0 Å². The van der Waals surface area contributed by atoms with Gasteiger partial charge < -0.3 is 14.2 Å². The Morgan fingerprint density at radius 1 is 1.12 bits per heavy atom. The molecule has 2 aromatic carbocycles.